The van der Waals surface area contributed by atoms with Gasteiger partial charge in [-0.1, -0.05) is 91.0 Å². The van der Waals surface area contributed by atoms with E-state index >= 15 is 0 Å². The van der Waals surface area contributed by atoms with E-state index in [1.165, 1.54) is 18.2 Å². The summed E-state index contributed by atoms with van der Waals surface area (Å²) in [4.78, 5) is 28.2. The van der Waals surface area contributed by atoms with Gasteiger partial charge in [0.15, 0.2) is 0 Å². The lowest BCUT2D eigenvalue weighted by atomic mass is 9.97. The molecule has 0 aliphatic rings. The molecule has 5 nitrogen and oxygen atoms in total. The monoisotopic (exact) mass is 557 g/mol. The van der Waals surface area contributed by atoms with E-state index in [-0.39, 0.29) is 17.6 Å². The Hall–Kier alpha value is -5.07. The topological polar surface area (TPSA) is 75.4 Å². The van der Waals surface area contributed by atoms with Gasteiger partial charge in [0.05, 0.1) is 0 Å². The summed E-state index contributed by atoms with van der Waals surface area (Å²) in [6.07, 6.45) is 3.23. The lowest BCUT2D eigenvalue weighted by Crippen LogP contribution is -2.29. The maximum atomic E-state index is 13.6. The third-order valence-electron chi connectivity index (χ3n) is 7.05. The highest BCUT2D eigenvalue weighted by Gasteiger charge is 2.16. The standard InChI is InChI=1S/C36H32FN3O2/c37-31-18-15-26(16-19-31)17-20-35(41)40(25-30-11-6-9-28-8-1-2-12-32(28)30)24-27-7-5-10-29(23-27)33-13-3-4-14-34(33)36(42)39-22-21-38/h1-20,23H,21-22,24-25,38H2,(H,39,42)/b20-17+. The van der Waals surface area contributed by atoms with Crippen LogP contribution >= 0.6 is 0 Å². The Morgan fingerprint density at radius 3 is 2.38 bits per heavy atom. The van der Waals surface area contributed by atoms with Gasteiger partial charge in [0, 0.05) is 37.8 Å². The highest BCUT2D eigenvalue weighted by atomic mass is 19.1. The Kier molecular flexibility index (Phi) is 9.17. The fourth-order valence-corrected chi connectivity index (χ4v) is 4.97. The number of hydrogen-bond donors (Lipinski definition) is 2. The van der Waals surface area contributed by atoms with Crippen LogP contribution in [0.1, 0.15) is 27.0 Å². The highest BCUT2D eigenvalue weighted by Crippen LogP contribution is 2.26. The molecule has 0 radical (unpaired) electrons. The van der Waals surface area contributed by atoms with Crippen LogP contribution in [0.15, 0.2) is 121 Å². The number of nitrogens with one attached hydrogen (secondary N) is 1. The molecule has 0 atom stereocenters. The minimum Gasteiger partial charge on any atom is -0.351 e. The summed E-state index contributed by atoms with van der Waals surface area (Å²) in [6.45, 7) is 1.50. The molecular formula is C36H32FN3O2. The number of carbonyl (C=O) groups excluding carboxylic acids is 2. The molecule has 2 amide bonds. The molecule has 0 fully saturated rings. The molecular weight excluding hydrogens is 525 g/mol. The zero-order valence-corrected chi connectivity index (χ0v) is 23.2. The molecule has 6 heteroatoms. The first-order valence-electron chi connectivity index (χ1n) is 13.9. The largest absolute Gasteiger partial charge is 0.351 e. The number of amides is 2. The van der Waals surface area contributed by atoms with E-state index in [9.17, 15) is 14.0 Å². The van der Waals surface area contributed by atoms with Crippen LogP contribution in [0.2, 0.25) is 0 Å². The van der Waals surface area contributed by atoms with Crippen LogP contribution in [0.4, 0.5) is 4.39 Å². The highest BCUT2D eigenvalue weighted by molar-refractivity contribution is 6.01. The maximum absolute atomic E-state index is 13.6. The maximum Gasteiger partial charge on any atom is 0.251 e. The van der Waals surface area contributed by atoms with Gasteiger partial charge < -0.3 is 16.0 Å². The normalized spacial score (nSPS) is 11.1. The number of rotatable bonds is 10. The van der Waals surface area contributed by atoms with E-state index in [0.29, 0.717) is 31.7 Å². The molecule has 0 spiro atoms. The summed E-state index contributed by atoms with van der Waals surface area (Å²) in [7, 11) is 0. The molecule has 0 saturated heterocycles. The number of halogens is 1. The zero-order chi connectivity index (χ0) is 29.3. The first kappa shape index (κ1) is 28.5. The van der Waals surface area contributed by atoms with Crippen LogP contribution < -0.4 is 11.1 Å². The number of nitrogens with two attached hydrogens (primary N) is 1. The predicted molar refractivity (Wildman–Crippen MR) is 167 cm³/mol. The van der Waals surface area contributed by atoms with E-state index in [0.717, 1.165) is 38.6 Å². The summed E-state index contributed by atoms with van der Waals surface area (Å²) in [5, 5.41) is 5.04. The smallest absolute Gasteiger partial charge is 0.251 e. The molecule has 0 aliphatic carbocycles. The third-order valence-corrected chi connectivity index (χ3v) is 7.05. The fraction of sp³-hybridized carbons (Fsp3) is 0.111. The third kappa shape index (κ3) is 6.97. The second kappa shape index (κ2) is 13.5. The summed E-state index contributed by atoms with van der Waals surface area (Å²) < 4.78 is 13.4. The van der Waals surface area contributed by atoms with Crippen LogP contribution in [-0.2, 0) is 17.9 Å². The summed E-state index contributed by atoms with van der Waals surface area (Å²) >= 11 is 0. The molecule has 0 unspecified atom stereocenters. The number of benzene rings is 5. The molecule has 5 rings (SSSR count). The Bertz CT molecular complexity index is 1720. The zero-order valence-electron chi connectivity index (χ0n) is 23.2. The fourth-order valence-electron chi connectivity index (χ4n) is 4.97. The molecule has 0 aromatic heterocycles. The van der Waals surface area contributed by atoms with Crippen LogP contribution in [0, 0.1) is 5.82 Å². The summed E-state index contributed by atoms with van der Waals surface area (Å²) in [5.41, 5.74) is 10.5. The van der Waals surface area contributed by atoms with Gasteiger partial charge in [-0.3, -0.25) is 9.59 Å². The second-order valence-electron chi connectivity index (χ2n) is 10.0. The second-order valence-corrected chi connectivity index (χ2v) is 10.0. The van der Waals surface area contributed by atoms with Gasteiger partial charge >= 0.3 is 0 Å². The summed E-state index contributed by atoms with van der Waals surface area (Å²) in [5.74, 6) is -0.672. The number of carbonyl (C=O) groups is 2. The van der Waals surface area contributed by atoms with Crippen molar-refractivity contribution in [1.82, 2.24) is 10.2 Å². The predicted octanol–water partition coefficient (Wildman–Crippen LogP) is 6.58. The van der Waals surface area contributed by atoms with Crippen molar-refractivity contribution >= 4 is 28.7 Å². The average Bonchev–Trinajstić information content (AvgIpc) is 3.03. The van der Waals surface area contributed by atoms with Crippen molar-refractivity contribution < 1.29 is 14.0 Å². The quantitative estimate of drug-likeness (QED) is 0.191. The Labute approximate surface area is 245 Å². The van der Waals surface area contributed by atoms with Gasteiger partial charge in [-0.2, -0.15) is 0 Å². The van der Waals surface area contributed by atoms with Crippen molar-refractivity contribution in [3.8, 4) is 11.1 Å². The van der Waals surface area contributed by atoms with E-state index in [1.54, 1.807) is 29.2 Å². The number of hydrogen-bond acceptors (Lipinski definition) is 3. The molecule has 3 N–H and O–H groups in total. The molecule has 0 aliphatic heterocycles. The Morgan fingerprint density at radius 2 is 1.55 bits per heavy atom. The van der Waals surface area contributed by atoms with Gasteiger partial charge in [0.1, 0.15) is 5.82 Å². The average molecular weight is 558 g/mol. The van der Waals surface area contributed by atoms with E-state index in [1.807, 2.05) is 66.7 Å². The molecule has 0 saturated carbocycles. The van der Waals surface area contributed by atoms with Gasteiger partial charge in [0.2, 0.25) is 5.91 Å². The number of nitrogens with zero attached hydrogens (tertiary/aromatic N) is 1. The van der Waals surface area contributed by atoms with Crippen LogP contribution in [0.25, 0.3) is 28.0 Å². The van der Waals surface area contributed by atoms with Crippen LogP contribution in [0.3, 0.4) is 0 Å². The molecule has 0 bridgehead atoms. The Morgan fingerprint density at radius 1 is 0.810 bits per heavy atom. The first-order chi connectivity index (χ1) is 20.5. The van der Waals surface area contributed by atoms with Crippen molar-refractivity contribution in [3.63, 3.8) is 0 Å². The lowest BCUT2D eigenvalue weighted by molar-refractivity contribution is -0.127. The molecule has 210 valence electrons. The van der Waals surface area contributed by atoms with E-state index in [2.05, 4.69) is 23.5 Å². The van der Waals surface area contributed by atoms with Crippen molar-refractivity contribution in [2.24, 2.45) is 5.73 Å². The van der Waals surface area contributed by atoms with E-state index in [4.69, 9.17) is 5.73 Å². The lowest BCUT2D eigenvalue weighted by Gasteiger charge is -2.23. The van der Waals surface area contributed by atoms with E-state index < -0.39 is 0 Å². The van der Waals surface area contributed by atoms with Gasteiger partial charge in [-0.15, -0.1) is 0 Å². The molecule has 5 aromatic rings. The SMILES string of the molecule is NCCNC(=O)c1ccccc1-c1cccc(CN(Cc2cccc3ccccc23)C(=O)/C=C/c2ccc(F)cc2)c1. The van der Waals surface area contributed by atoms with Crippen LogP contribution in [0.5, 0.6) is 0 Å². The van der Waals surface area contributed by atoms with Crippen molar-refractivity contribution in [2.75, 3.05) is 13.1 Å². The van der Waals surface area contributed by atoms with Gasteiger partial charge in [-0.25, -0.2) is 4.39 Å². The Balaban J connectivity index is 1.46. The van der Waals surface area contributed by atoms with Gasteiger partial charge in [-0.05, 0) is 68.9 Å². The molecule has 0 heterocycles. The first-order valence-corrected chi connectivity index (χ1v) is 13.9. The van der Waals surface area contributed by atoms with Crippen molar-refractivity contribution in [2.45, 2.75) is 13.1 Å². The number of fused-ring (bicyclic) bond motifs is 1. The van der Waals surface area contributed by atoms with Crippen molar-refractivity contribution in [1.29, 1.82) is 0 Å². The van der Waals surface area contributed by atoms with Gasteiger partial charge in [0.25, 0.3) is 5.91 Å². The van der Waals surface area contributed by atoms with Crippen LogP contribution in [-0.4, -0.2) is 29.8 Å². The van der Waals surface area contributed by atoms with Crippen molar-refractivity contribution in [3.05, 3.63) is 149 Å². The minimum absolute atomic E-state index is 0.167. The molecule has 42 heavy (non-hydrogen) atoms. The summed E-state index contributed by atoms with van der Waals surface area (Å²) in [6, 6.07) is 35.6. The molecule has 5 aromatic carbocycles. The minimum atomic E-state index is -0.325.